The second-order valence-electron chi connectivity index (χ2n) is 7.42. The SMILES string of the molecule is CCOc1ccc(CCNC(=O)COC(=O)Cn2c(C(F)(F)F)nc3ccccc32)cc1OCC. The molecular formula is C24H26F3N3O5. The number of esters is 1. The molecule has 8 nitrogen and oxygen atoms in total. The molecule has 1 aromatic heterocycles. The summed E-state index contributed by atoms with van der Waals surface area (Å²) < 4.78 is 56.7. The summed E-state index contributed by atoms with van der Waals surface area (Å²) in [7, 11) is 0. The van der Waals surface area contributed by atoms with E-state index in [9.17, 15) is 22.8 Å². The fraction of sp³-hybridized carbons (Fsp3) is 0.375. The van der Waals surface area contributed by atoms with Gasteiger partial charge in [-0.3, -0.25) is 9.59 Å². The van der Waals surface area contributed by atoms with E-state index < -0.39 is 37.0 Å². The topological polar surface area (TPSA) is 91.7 Å². The number of aromatic nitrogens is 2. The largest absolute Gasteiger partial charge is 0.490 e. The van der Waals surface area contributed by atoms with Crippen LogP contribution in [0.2, 0.25) is 0 Å². The predicted octanol–water partition coefficient (Wildman–Crippen LogP) is 3.75. The molecule has 3 aromatic rings. The average molecular weight is 493 g/mol. The first-order chi connectivity index (χ1) is 16.7. The van der Waals surface area contributed by atoms with E-state index in [1.807, 2.05) is 26.0 Å². The zero-order valence-electron chi connectivity index (χ0n) is 19.4. The zero-order valence-corrected chi connectivity index (χ0v) is 19.4. The summed E-state index contributed by atoms with van der Waals surface area (Å²) in [6.07, 6.45) is -4.26. The standard InChI is InChI=1S/C24H26F3N3O5/c1-3-33-19-10-9-16(13-20(19)34-4-2)11-12-28-21(31)15-35-22(32)14-30-18-8-6-5-7-17(18)29-23(30)24(25,26)27/h5-10,13H,3-4,11-12,14-15H2,1-2H3,(H,28,31). The smallest absolute Gasteiger partial charge is 0.449 e. The number of alkyl halides is 3. The van der Waals surface area contributed by atoms with Crippen LogP contribution in [0.1, 0.15) is 25.2 Å². The highest BCUT2D eigenvalue weighted by molar-refractivity contribution is 5.82. The molecule has 0 aliphatic rings. The van der Waals surface area contributed by atoms with Gasteiger partial charge in [-0.15, -0.1) is 0 Å². The molecule has 2 aromatic carbocycles. The minimum atomic E-state index is -4.75. The van der Waals surface area contributed by atoms with Crippen LogP contribution in [0.5, 0.6) is 11.5 Å². The summed E-state index contributed by atoms with van der Waals surface area (Å²) in [5.74, 6) is -1.52. The lowest BCUT2D eigenvalue weighted by Gasteiger charge is -2.13. The van der Waals surface area contributed by atoms with Crippen molar-refractivity contribution in [3.8, 4) is 11.5 Å². The highest BCUT2D eigenvalue weighted by atomic mass is 19.4. The third-order valence-electron chi connectivity index (χ3n) is 4.90. The van der Waals surface area contributed by atoms with Crippen molar-refractivity contribution < 1.29 is 37.0 Å². The molecule has 0 aliphatic carbocycles. The Kier molecular flexibility index (Phi) is 8.56. The number of imidazole rings is 1. The molecule has 35 heavy (non-hydrogen) atoms. The third-order valence-corrected chi connectivity index (χ3v) is 4.90. The van der Waals surface area contributed by atoms with E-state index in [1.54, 1.807) is 18.2 Å². The molecule has 1 N–H and O–H groups in total. The summed E-state index contributed by atoms with van der Waals surface area (Å²) in [5, 5.41) is 2.61. The number of carbonyl (C=O) groups is 2. The number of carbonyl (C=O) groups excluding carboxylic acids is 2. The molecule has 0 radical (unpaired) electrons. The second kappa shape index (κ2) is 11.6. The van der Waals surface area contributed by atoms with Crippen LogP contribution in [0.3, 0.4) is 0 Å². The number of fused-ring (bicyclic) bond motifs is 1. The Labute approximate surface area is 200 Å². The Morgan fingerprint density at radius 2 is 1.74 bits per heavy atom. The van der Waals surface area contributed by atoms with E-state index in [-0.39, 0.29) is 17.6 Å². The van der Waals surface area contributed by atoms with Gasteiger partial charge < -0.3 is 24.1 Å². The summed E-state index contributed by atoms with van der Waals surface area (Å²) in [4.78, 5) is 27.8. The quantitative estimate of drug-likeness (QED) is 0.409. The molecule has 0 atom stereocenters. The van der Waals surface area contributed by atoms with E-state index in [4.69, 9.17) is 14.2 Å². The highest BCUT2D eigenvalue weighted by Gasteiger charge is 2.38. The highest BCUT2D eigenvalue weighted by Crippen LogP contribution is 2.31. The number of ether oxygens (including phenoxy) is 3. The van der Waals surface area contributed by atoms with Gasteiger partial charge in [0.2, 0.25) is 5.82 Å². The van der Waals surface area contributed by atoms with E-state index in [2.05, 4.69) is 10.3 Å². The number of para-hydroxylation sites is 2. The monoisotopic (exact) mass is 493 g/mol. The minimum Gasteiger partial charge on any atom is -0.490 e. The van der Waals surface area contributed by atoms with Gasteiger partial charge in [0, 0.05) is 6.54 Å². The number of nitrogens with zero attached hydrogens (tertiary/aromatic N) is 2. The molecule has 0 unspecified atom stereocenters. The van der Waals surface area contributed by atoms with Crippen LogP contribution in [-0.2, 0) is 33.5 Å². The number of rotatable bonds is 11. The van der Waals surface area contributed by atoms with Crippen LogP contribution in [0, 0.1) is 0 Å². The van der Waals surface area contributed by atoms with Gasteiger partial charge in [-0.1, -0.05) is 18.2 Å². The number of amides is 1. The number of hydrogen-bond donors (Lipinski definition) is 1. The number of halogens is 3. The molecular weight excluding hydrogens is 467 g/mol. The van der Waals surface area contributed by atoms with Gasteiger partial charge in [0.15, 0.2) is 18.1 Å². The summed E-state index contributed by atoms with van der Waals surface area (Å²) in [5.41, 5.74) is 1.15. The van der Waals surface area contributed by atoms with Gasteiger partial charge in [0.1, 0.15) is 6.54 Å². The van der Waals surface area contributed by atoms with E-state index in [1.165, 1.54) is 12.1 Å². The van der Waals surface area contributed by atoms with Gasteiger partial charge in [-0.25, -0.2) is 4.98 Å². The molecule has 0 saturated heterocycles. The third kappa shape index (κ3) is 6.87. The number of nitrogens with one attached hydrogen (secondary N) is 1. The zero-order chi connectivity index (χ0) is 25.4. The maximum atomic E-state index is 13.3. The normalized spacial score (nSPS) is 11.3. The molecule has 0 aliphatic heterocycles. The van der Waals surface area contributed by atoms with Gasteiger partial charge in [0.05, 0.1) is 24.2 Å². The van der Waals surface area contributed by atoms with Gasteiger partial charge in [-0.05, 0) is 50.1 Å². The fourth-order valence-corrected chi connectivity index (χ4v) is 3.42. The van der Waals surface area contributed by atoms with Gasteiger partial charge in [0.25, 0.3) is 5.91 Å². The van der Waals surface area contributed by atoms with Crippen LogP contribution in [-0.4, -0.2) is 47.8 Å². The van der Waals surface area contributed by atoms with Crippen molar-refractivity contribution in [2.24, 2.45) is 0 Å². The first kappa shape index (κ1) is 25.9. The van der Waals surface area contributed by atoms with E-state index in [0.29, 0.717) is 31.1 Å². The van der Waals surface area contributed by atoms with Crippen molar-refractivity contribution in [2.45, 2.75) is 33.0 Å². The van der Waals surface area contributed by atoms with Crippen LogP contribution in [0.25, 0.3) is 11.0 Å². The number of hydrogen-bond acceptors (Lipinski definition) is 6. The van der Waals surface area contributed by atoms with Crippen molar-refractivity contribution >= 4 is 22.9 Å². The lowest BCUT2D eigenvalue weighted by atomic mass is 10.1. The average Bonchev–Trinajstić information content (AvgIpc) is 3.18. The van der Waals surface area contributed by atoms with Crippen molar-refractivity contribution in [1.82, 2.24) is 14.9 Å². The molecule has 11 heteroatoms. The van der Waals surface area contributed by atoms with Crippen LogP contribution in [0.4, 0.5) is 13.2 Å². The molecule has 1 amide bonds. The lowest BCUT2D eigenvalue weighted by molar-refractivity contribution is -0.153. The molecule has 0 fully saturated rings. The predicted molar refractivity (Wildman–Crippen MR) is 121 cm³/mol. The second-order valence-corrected chi connectivity index (χ2v) is 7.42. The van der Waals surface area contributed by atoms with Crippen LogP contribution >= 0.6 is 0 Å². The maximum absolute atomic E-state index is 13.3. The minimum absolute atomic E-state index is 0.104. The molecule has 0 spiro atoms. The Morgan fingerprint density at radius 1 is 1.03 bits per heavy atom. The van der Waals surface area contributed by atoms with E-state index >= 15 is 0 Å². The Balaban J connectivity index is 1.51. The Bertz CT molecular complexity index is 1180. The maximum Gasteiger partial charge on any atom is 0.449 e. The van der Waals surface area contributed by atoms with Crippen LogP contribution < -0.4 is 14.8 Å². The van der Waals surface area contributed by atoms with E-state index in [0.717, 1.165) is 10.1 Å². The molecule has 1 heterocycles. The van der Waals surface area contributed by atoms with Crippen molar-refractivity contribution in [3.05, 3.63) is 53.9 Å². The molecule has 0 saturated carbocycles. The Morgan fingerprint density at radius 3 is 2.46 bits per heavy atom. The first-order valence-electron chi connectivity index (χ1n) is 11.1. The molecule has 3 rings (SSSR count). The lowest BCUT2D eigenvalue weighted by Crippen LogP contribution is -2.31. The molecule has 188 valence electrons. The first-order valence-corrected chi connectivity index (χ1v) is 11.1. The van der Waals surface area contributed by atoms with Crippen molar-refractivity contribution in [3.63, 3.8) is 0 Å². The summed E-state index contributed by atoms with van der Waals surface area (Å²) in [6.45, 7) is 3.64. The van der Waals surface area contributed by atoms with Crippen molar-refractivity contribution in [2.75, 3.05) is 26.4 Å². The molecule has 0 bridgehead atoms. The Hall–Kier alpha value is -3.76. The number of benzene rings is 2. The van der Waals surface area contributed by atoms with Gasteiger partial charge >= 0.3 is 12.1 Å². The van der Waals surface area contributed by atoms with Crippen LogP contribution in [0.15, 0.2) is 42.5 Å². The van der Waals surface area contributed by atoms with Crippen molar-refractivity contribution in [1.29, 1.82) is 0 Å². The van der Waals surface area contributed by atoms with Gasteiger partial charge in [-0.2, -0.15) is 13.2 Å². The summed E-state index contributed by atoms with van der Waals surface area (Å²) in [6, 6.07) is 11.4. The fourth-order valence-electron chi connectivity index (χ4n) is 3.42. The summed E-state index contributed by atoms with van der Waals surface area (Å²) >= 11 is 0.